The lowest BCUT2D eigenvalue weighted by Crippen LogP contribution is -2.35. The second kappa shape index (κ2) is 7.89. The Balaban J connectivity index is 2.67. The molecule has 1 atom stereocenters. The fourth-order valence-electron chi connectivity index (χ4n) is 1.87. The molecule has 0 bridgehead atoms. The van der Waals surface area contributed by atoms with E-state index in [1.54, 1.807) is 0 Å². The Morgan fingerprint density at radius 3 is 2.70 bits per heavy atom. The topological polar surface area (TPSA) is 28.2 Å². The van der Waals surface area contributed by atoms with Crippen molar-refractivity contribution in [2.75, 3.05) is 24.0 Å². The first-order valence-corrected chi connectivity index (χ1v) is 8.64. The molecule has 0 aliphatic carbocycles. The van der Waals surface area contributed by atoms with Crippen LogP contribution in [0.15, 0.2) is 18.3 Å². The molecule has 114 valence electrons. The molecule has 3 nitrogen and oxygen atoms in total. The lowest BCUT2D eigenvalue weighted by Gasteiger charge is -2.27. The van der Waals surface area contributed by atoms with E-state index in [4.69, 9.17) is 0 Å². The van der Waals surface area contributed by atoms with Crippen molar-refractivity contribution in [3.63, 3.8) is 0 Å². The molecular formula is C16H29N3S. The van der Waals surface area contributed by atoms with Crippen molar-refractivity contribution >= 4 is 17.4 Å². The number of anilines is 1. The summed E-state index contributed by atoms with van der Waals surface area (Å²) in [4.78, 5) is 6.80. The minimum absolute atomic E-state index is 0.120. The monoisotopic (exact) mass is 295 g/mol. The quantitative estimate of drug-likeness (QED) is 0.832. The van der Waals surface area contributed by atoms with E-state index in [1.165, 1.54) is 17.9 Å². The van der Waals surface area contributed by atoms with Gasteiger partial charge in [-0.15, -0.1) is 0 Å². The summed E-state index contributed by atoms with van der Waals surface area (Å²) in [6, 6.07) is 4.83. The Labute approximate surface area is 128 Å². The third kappa shape index (κ3) is 6.14. The van der Waals surface area contributed by atoms with Crippen LogP contribution in [0.4, 0.5) is 5.69 Å². The van der Waals surface area contributed by atoms with Crippen LogP contribution in [0.2, 0.25) is 0 Å². The van der Waals surface area contributed by atoms with Gasteiger partial charge in [0.05, 0.1) is 5.69 Å². The molecule has 0 spiro atoms. The van der Waals surface area contributed by atoms with Crippen molar-refractivity contribution in [2.24, 2.45) is 0 Å². The SMILES string of the molecule is CSCCC(C)N(C)c1ccnc(CNC(C)(C)C)c1. The lowest BCUT2D eigenvalue weighted by molar-refractivity contribution is 0.421. The van der Waals surface area contributed by atoms with Crippen molar-refractivity contribution in [2.45, 2.75) is 52.2 Å². The van der Waals surface area contributed by atoms with E-state index in [1.807, 2.05) is 18.0 Å². The molecule has 1 aromatic heterocycles. The summed E-state index contributed by atoms with van der Waals surface area (Å²) < 4.78 is 0. The zero-order chi connectivity index (χ0) is 15.2. The van der Waals surface area contributed by atoms with Crippen molar-refractivity contribution in [3.05, 3.63) is 24.0 Å². The maximum Gasteiger partial charge on any atom is 0.0562 e. The Hall–Kier alpha value is -0.740. The van der Waals surface area contributed by atoms with Gasteiger partial charge >= 0.3 is 0 Å². The highest BCUT2D eigenvalue weighted by atomic mass is 32.2. The Kier molecular flexibility index (Phi) is 6.83. The largest absolute Gasteiger partial charge is 0.372 e. The summed E-state index contributed by atoms with van der Waals surface area (Å²) in [6.45, 7) is 9.61. The predicted octanol–water partition coefficient (Wildman–Crippen LogP) is 3.55. The maximum absolute atomic E-state index is 4.45. The first kappa shape index (κ1) is 17.3. The number of thioether (sulfide) groups is 1. The molecular weight excluding hydrogens is 266 g/mol. The zero-order valence-electron chi connectivity index (χ0n) is 13.7. The van der Waals surface area contributed by atoms with Gasteiger partial charge in [-0.25, -0.2) is 0 Å². The molecule has 0 aliphatic rings. The van der Waals surface area contributed by atoms with Crippen LogP contribution >= 0.6 is 11.8 Å². The van der Waals surface area contributed by atoms with Crippen LogP contribution in [0.1, 0.15) is 39.8 Å². The van der Waals surface area contributed by atoms with Gasteiger partial charge in [0.2, 0.25) is 0 Å². The number of pyridine rings is 1. The van der Waals surface area contributed by atoms with Crippen LogP contribution in [0.25, 0.3) is 0 Å². The van der Waals surface area contributed by atoms with Gasteiger partial charge in [0.25, 0.3) is 0 Å². The normalized spacial score (nSPS) is 13.3. The average Bonchev–Trinajstić information content (AvgIpc) is 2.41. The molecule has 0 radical (unpaired) electrons. The minimum Gasteiger partial charge on any atom is -0.372 e. The minimum atomic E-state index is 0.120. The second-order valence-corrected chi connectivity index (χ2v) is 7.34. The highest BCUT2D eigenvalue weighted by Crippen LogP contribution is 2.18. The van der Waals surface area contributed by atoms with E-state index in [9.17, 15) is 0 Å². The Morgan fingerprint density at radius 1 is 1.40 bits per heavy atom. The molecule has 0 amide bonds. The smallest absolute Gasteiger partial charge is 0.0562 e. The molecule has 20 heavy (non-hydrogen) atoms. The second-order valence-electron chi connectivity index (χ2n) is 6.35. The van der Waals surface area contributed by atoms with Crippen molar-refractivity contribution in [1.82, 2.24) is 10.3 Å². The zero-order valence-corrected chi connectivity index (χ0v) is 14.5. The summed E-state index contributed by atoms with van der Waals surface area (Å²) in [5.74, 6) is 1.20. The number of hydrogen-bond donors (Lipinski definition) is 1. The third-order valence-corrected chi connectivity index (χ3v) is 4.05. The van der Waals surface area contributed by atoms with Gasteiger partial charge < -0.3 is 10.2 Å². The summed E-state index contributed by atoms with van der Waals surface area (Å²) >= 11 is 1.91. The molecule has 0 fully saturated rings. The fraction of sp³-hybridized carbons (Fsp3) is 0.688. The molecule has 1 N–H and O–H groups in total. The molecule has 0 saturated heterocycles. The van der Waals surface area contributed by atoms with Crippen LogP contribution in [-0.4, -0.2) is 35.6 Å². The molecule has 1 heterocycles. The molecule has 4 heteroatoms. The predicted molar refractivity (Wildman–Crippen MR) is 91.7 cm³/mol. The Morgan fingerprint density at radius 2 is 2.10 bits per heavy atom. The van der Waals surface area contributed by atoms with E-state index in [0.717, 1.165) is 12.2 Å². The average molecular weight is 295 g/mol. The lowest BCUT2D eigenvalue weighted by atomic mass is 10.1. The molecule has 1 rings (SSSR count). The summed E-state index contributed by atoms with van der Waals surface area (Å²) in [6.07, 6.45) is 5.28. The first-order valence-electron chi connectivity index (χ1n) is 7.25. The maximum atomic E-state index is 4.45. The number of hydrogen-bond acceptors (Lipinski definition) is 4. The van der Waals surface area contributed by atoms with Crippen molar-refractivity contribution < 1.29 is 0 Å². The van der Waals surface area contributed by atoms with Gasteiger partial charge in [-0.05, 0) is 58.3 Å². The summed E-state index contributed by atoms with van der Waals surface area (Å²) in [5, 5.41) is 3.48. The van der Waals surface area contributed by atoms with Gasteiger partial charge in [0.1, 0.15) is 0 Å². The van der Waals surface area contributed by atoms with E-state index in [0.29, 0.717) is 6.04 Å². The molecule has 1 aromatic rings. The van der Waals surface area contributed by atoms with E-state index in [2.05, 4.69) is 68.3 Å². The molecule has 0 saturated carbocycles. The van der Waals surface area contributed by atoms with E-state index >= 15 is 0 Å². The third-order valence-electron chi connectivity index (χ3n) is 3.41. The van der Waals surface area contributed by atoms with Crippen molar-refractivity contribution in [3.8, 4) is 0 Å². The van der Waals surface area contributed by atoms with Crippen molar-refractivity contribution in [1.29, 1.82) is 0 Å². The highest BCUT2D eigenvalue weighted by molar-refractivity contribution is 7.98. The number of nitrogens with zero attached hydrogens (tertiary/aromatic N) is 2. The van der Waals surface area contributed by atoms with Gasteiger partial charge in [-0.1, -0.05) is 0 Å². The van der Waals surface area contributed by atoms with Crippen LogP contribution in [-0.2, 0) is 6.54 Å². The van der Waals surface area contributed by atoms with E-state index < -0.39 is 0 Å². The van der Waals surface area contributed by atoms with Gasteiger partial charge in [-0.3, -0.25) is 4.98 Å². The summed E-state index contributed by atoms with van der Waals surface area (Å²) in [5.41, 5.74) is 2.47. The van der Waals surface area contributed by atoms with Gasteiger partial charge in [0.15, 0.2) is 0 Å². The van der Waals surface area contributed by atoms with E-state index in [-0.39, 0.29) is 5.54 Å². The Bertz CT molecular complexity index is 401. The first-order chi connectivity index (χ1) is 9.33. The molecule has 1 unspecified atom stereocenters. The fourth-order valence-corrected chi connectivity index (χ4v) is 2.45. The summed E-state index contributed by atoms with van der Waals surface area (Å²) in [7, 11) is 2.17. The standard InChI is InChI=1S/C16H29N3S/c1-13(8-10-20-6)19(5)15-7-9-17-14(11-15)12-18-16(2,3)4/h7,9,11,13,18H,8,10,12H2,1-6H3. The van der Waals surface area contributed by atoms with Crippen LogP contribution < -0.4 is 10.2 Å². The number of rotatable bonds is 7. The molecule has 0 aromatic carbocycles. The van der Waals surface area contributed by atoms with Gasteiger partial charge in [-0.2, -0.15) is 11.8 Å². The molecule has 0 aliphatic heterocycles. The highest BCUT2D eigenvalue weighted by Gasteiger charge is 2.12. The van der Waals surface area contributed by atoms with Crippen LogP contribution in [0.3, 0.4) is 0 Å². The number of aromatic nitrogens is 1. The number of nitrogens with one attached hydrogen (secondary N) is 1. The van der Waals surface area contributed by atoms with Crippen LogP contribution in [0.5, 0.6) is 0 Å². The van der Waals surface area contributed by atoms with Crippen LogP contribution in [0, 0.1) is 0 Å². The van der Waals surface area contributed by atoms with Gasteiger partial charge in [0, 0.05) is 37.1 Å².